The number of rotatable bonds is 2. The molecule has 2 rings (SSSR count). The molecular weight excluding hydrogens is 204 g/mol. The molecule has 16 heavy (non-hydrogen) atoms. The molecule has 0 fully saturated rings. The predicted molar refractivity (Wildman–Crippen MR) is 63.7 cm³/mol. The minimum absolute atomic E-state index is 0.139. The summed E-state index contributed by atoms with van der Waals surface area (Å²) in [5, 5.41) is 10.7. The molecule has 1 heterocycles. The van der Waals surface area contributed by atoms with Gasteiger partial charge in [-0.25, -0.2) is 0 Å². The molecule has 0 aromatic heterocycles. The van der Waals surface area contributed by atoms with Crippen LogP contribution in [0.5, 0.6) is 0 Å². The van der Waals surface area contributed by atoms with Crippen LogP contribution in [0.1, 0.15) is 18.9 Å². The van der Waals surface area contributed by atoms with Crippen molar-refractivity contribution in [2.75, 3.05) is 6.54 Å². The van der Waals surface area contributed by atoms with Crippen molar-refractivity contribution in [3.63, 3.8) is 0 Å². The zero-order valence-electron chi connectivity index (χ0n) is 9.01. The fourth-order valence-corrected chi connectivity index (χ4v) is 1.80. The molecule has 1 aliphatic heterocycles. The zero-order valence-corrected chi connectivity index (χ0v) is 9.01. The van der Waals surface area contributed by atoms with Crippen LogP contribution in [-0.2, 0) is 0 Å². The lowest BCUT2D eigenvalue weighted by Gasteiger charge is -2.13. The molecule has 0 saturated heterocycles. The summed E-state index contributed by atoms with van der Waals surface area (Å²) >= 11 is 0. The number of benzene rings is 1. The smallest absolute Gasteiger partial charge is 0.270 e. The van der Waals surface area contributed by atoms with Gasteiger partial charge in [-0.2, -0.15) is 0 Å². The Labute approximate surface area is 93.5 Å². The Balaban J connectivity index is 2.41. The minimum Gasteiger partial charge on any atom is -0.293 e. The van der Waals surface area contributed by atoms with Gasteiger partial charge in [0, 0.05) is 24.8 Å². The Hall–Kier alpha value is -1.97. The Morgan fingerprint density at radius 1 is 1.44 bits per heavy atom. The van der Waals surface area contributed by atoms with Crippen molar-refractivity contribution in [2.45, 2.75) is 13.3 Å². The molecule has 4 nitrogen and oxygen atoms in total. The van der Waals surface area contributed by atoms with Crippen molar-refractivity contribution >= 4 is 17.5 Å². The van der Waals surface area contributed by atoms with Crippen LogP contribution >= 0.6 is 0 Å². The predicted octanol–water partition coefficient (Wildman–Crippen LogP) is 2.84. The van der Waals surface area contributed by atoms with Gasteiger partial charge in [-0.3, -0.25) is 15.1 Å². The van der Waals surface area contributed by atoms with E-state index in [-0.39, 0.29) is 10.6 Å². The summed E-state index contributed by atoms with van der Waals surface area (Å²) in [7, 11) is 0. The maximum atomic E-state index is 10.7. The first kappa shape index (κ1) is 10.5. The number of hydrogen-bond acceptors (Lipinski definition) is 3. The first-order valence-corrected chi connectivity index (χ1v) is 5.10. The third-order valence-corrected chi connectivity index (χ3v) is 2.67. The number of non-ortho nitro benzene ring substituents is 1. The van der Waals surface area contributed by atoms with Crippen LogP contribution in [0.4, 0.5) is 5.69 Å². The van der Waals surface area contributed by atoms with Gasteiger partial charge in [0.15, 0.2) is 0 Å². The second-order valence-electron chi connectivity index (χ2n) is 3.79. The number of nitro benzene ring substituents is 1. The van der Waals surface area contributed by atoms with Gasteiger partial charge in [0.1, 0.15) is 0 Å². The molecule has 4 heteroatoms. The van der Waals surface area contributed by atoms with Gasteiger partial charge in [0.05, 0.1) is 11.5 Å². The van der Waals surface area contributed by atoms with Crippen molar-refractivity contribution in [1.82, 2.24) is 0 Å². The Kier molecular flexibility index (Phi) is 2.81. The second-order valence-corrected chi connectivity index (χ2v) is 3.79. The van der Waals surface area contributed by atoms with E-state index in [1.807, 2.05) is 19.2 Å². The van der Waals surface area contributed by atoms with Crippen molar-refractivity contribution in [1.29, 1.82) is 0 Å². The SMILES string of the molecule is CC1=C(c2cccc([N+](=O)[O-])c2)CC=NC1. The van der Waals surface area contributed by atoms with Gasteiger partial charge >= 0.3 is 0 Å². The van der Waals surface area contributed by atoms with Crippen LogP contribution in [0.25, 0.3) is 5.57 Å². The molecule has 0 bridgehead atoms. The summed E-state index contributed by atoms with van der Waals surface area (Å²) in [6.45, 7) is 2.71. The topological polar surface area (TPSA) is 55.5 Å². The first-order valence-electron chi connectivity index (χ1n) is 5.10. The molecule has 0 radical (unpaired) electrons. The van der Waals surface area contributed by atoms with Gasteiger partial charge in [-0.1, -0.05) is 12.1 Å². The Morgan fingerprint density at radius 2 is 2.25 bits per heavy atom. The molecule has 1 aromatic rings. The molecule has 0 saturated carbocycles. The van der Waals surface area contributed by atoms with Gasteiger partial charge < -0.3 is 0 Å². The lowest BCUT2D eigenvalue weighted by Crippen LogP contribution is -2.00. The van der Waals surface area contributed by atoms with Gasteiger partial charge in [0.25, 0.3) is 5.69 Å². The first-order chi connectivity index (χ1) is 7.68. The van der Waals surface area contributed by atoms with E-state index in [4.69, 9.17) is 0 Å². The molecule has 0 N–H and O–H groups in total. The number of nitrogens with zero attached hydrogens (tertiary/aromatic N) is 2. The highest BCUT2D eigenvalue weighted by Crippen LogP contribution is 2.26. The maximum absolute atomic E-state index is 10.7. The van der Waals surface area contributed by atoms with Crippen LogP contribution in [0.2, 0.25) is 0 Å². The molecule has 0 amide bonds. The van der Waals surface area contributed by atoms with E-state index in [1.165, 1.54) is 11.6 Å². The zero-order chi connectivity index (χ0) is 11.5. The molecular formula is C12H12N2O2. The monoisotopic (exact) mass is 216 g/mol. The molecule has 82 valence electrons. The van der Waals surface area contributed by atoms with Gasteiger partial charge in [-0.15, -0.1) is 0 Å². The van der Waals surface area contributed by atoms with Gasteiger partial charge in [-0.05, 0) is 23.6 Å². The quantitative estimate of drug-likeness (QED) is 0.563. The number of dihydropyridines is 1. The number of nitro groups is 1. The van der Waals surface area contributed by atoms with E-state index >= 15 is 0 Å². The average molecular weight is 216 g/mol. The lowest BCUT2D eigenvalue weighted by molar-refractivity contribution is -0.384. The normalized spacial score (nSPS) is 15.3. The molecule has 1 aliphatic rings. The summed E-state index contributed by atoms with van der Waals surface area (Å²) in [6.07, 6.45) is 2.62. The second kappa shape index (κ2) is 4.26. The van der Waals surface area contributed by atoms with Crippen LogP contribution in [0.15, 0.2) is 34.8 Å². The molecule has 0 atom stereocenters. The van der Waals surface area contributed by atoms with E-state index < -0.39 is 0 Å². The van der Waals surface area contributed by atoms with E-state index in [2.05, 4.69) is 4.99 Å². The summed E-state index contributed by atoms with van der Waals surface area (Å²) in [6, 6.07) is 6.76. The third kappa shape index (κ3) is 2.00. The standard InChI is InChI=1S/C12H12N2O2/c1-9-8-13-6-5-12(9)10-3-2-4-11(7-10)14(15)16/h2-4,6-7H,5,8H2,1H3. The van der Waals surface area contributed by atoms with Crippen molar-refractivity contribution in [3.05, 3.63) is 45.5 Å². The molecule has 0 unspecified atom stereocenters. The number of hydrogen-bond donors (Lipinski definition) is 0. The van der Waals surface area contributed by atoms with Crippen molar-refractivity contribution in [3.8, 4) is 0 Å². The van der Waals surface area contributed by atoms with E-state index in [1.54, 1.807) is 12.1 Å². The number of aliphatic imine (C=N–C) groups is 1. The van der Waals surface area contributed by atoms with Gasteiger partial charge in [0.2, 0.25) is 0 Å². The summed E-state index contributed by atoms with van der Waals surface area (Å²) in [5.41, 5.74) is 3.40. The highest BCUT2D eigenvalue weighted by molar-refractivity contribution is 5.83. The van der Waals surface area contributed by atoms with Crippen LogP contribution in [0, 0.1) is 10.1 Å². The summed E-state index contributed by atoms with van der Waals surface area (Å²) < 4.78 is 0. The molecule has 0 aliphatic carbocycles. The highest BCUT2D eigenvalue weighted by Gasteiger charge is 2.12. The number of allylic oxidation sites excluding steroid dienone is 1. The van der Waals surface area contributed by atoms with Crippen molar-refractivity contribution in [2.24, 2.45) is 4.99 Å². The van der Waals surface area contributed by atoms with E-state index in [0.29, 0.717) is 6.54 Å². The average Bonchev–Trinajstić information content (AvgIpc) is 2.30. The fourth-order valence-electron chi connectivity index (χ4n) is 1.80. The maximum Gasteiger partial charge on any atom is 0.270 e. The largest absolute Gasteiger partial charge is 0.293 e. The van der Waals surface area contributed by atoms with Crippen molar-refractivity contribution < 1.29 is 4.92 Å². The van der Waals surface area contributed by atoms with Crippen LogP contribution in [-0.4, -0.2) is 17.7 Å². The summed E-state index contributed by atoms with van der Waals surface area (Å²) in [4.78, 5) is 14.5. The van der Waals surface area contributed by atoms with Crippen LogP contribution in [0.3, 0.4) is 0 Å². The third-order valence-electron chi connectivity index (χ3n) is 2.67. The highest BCUT2D eigenvalue weighted by atomic mass is 16.6. The van der Waals surface area contributed by atoms with E-state index in [9.17, 15) is 10.1 Å². The van der Waals surface area contributed by atoms with E-state index in [0.717, 1.165) is 17.6 Å². The molecule has 0 spiro atoms. The fraction of sp³-hybridized carbons (Fsp3) is 0.250. The lowest BCUT2D eigenvalue weighted by atomic mass is 9.96. The summed E-state index contributed by atoms with van der Waals surface area (Å²) in [5.74, 6) is 0. The Morgan fingerprint density at radius 3 is 2.94 bits per heavy atom. The van der Waals surface area contributed by atoms with Crippen LogP contribution < -0.4 is 0 Å². The molecule has 1 aromatic carbocycles. The Bertz CT molecular complexity index is 490. The minimum atomic E-state index is -0.365.